The van der Waals surface area contributed by atoms with Crippen LogP contribution >= 0.6 is 0 Å². The van der Waals surface area contributed by atoms with Crippen molar-refractivity contribution < 1.29 is 5.11 Å². The average Bonchev–Trinajstić information content (AvgIpc) is 3.29. The number of nitrogens with one attached hydrogen (secondary N) is 2. The van der Waals surface area contributed by atoms with Crippen molar-refractivity contribution in [3.63, 3.8) is 0 Å². The first-order chi connectivity index (χ1) is 17.1. The normalized spacial score (nSPS) is 23.3. The molecule has 1 aromatic heterocycles. The maximum Gasteiger partial charge on any atom is 0.161 e. The molecule has 7 heteroatoms. The van der Waals surface area contributed by atoms with Crippen molar-refractivity contribution in [2.75, 3.05) is 39.0 Å². The van der Waals surface area contributed by atoms with Crippen LogP contribution in [0.3, 0.4) is 0 Å². The third-order valence-electron chi connectivity index (χ3n) is 7.13. The van der Waals surface area contributed by atoms with E-state index in [1.807, 2.05) is 55.8 Å². The number of rotatable bonds is 8. The van der Waals surface area contributed by atoms with Crippen LogP contribution in [-0.2, 0) is 0 Å². The van der Waals surface area contributed by atoms with Gasteiger partial charge in [0.2, 0.25) is 0 Å². The van der Waals surface area contributed by atoms with Crippen molar-refractivity contribution in [2.45, 2.75) is 38.8 Å². The van der Waals surface area contributed by atoms with E-state index in [2.05, 4.69) is 61.2 Å². The molecule has 1 saturated heterocycles. The van der Waals surface area contributed by atoms with Gasteiger partial charge in [0.25, 0.3) is 0 Å². The van der Waals surface area contributed by atoms with Gasteiger partial charge in [-0.3, -0.25) is 4.99 Å². The highest BCUT2D eigenvalue weighted by atomic mass is 16.3. The molecule has 1 aromatic carbocycles. The summed E-state index contributed by atoms with van der Waals surface area (Å²) in [4.78, 5) is 16.2. The summed E-state index contributed by atoms with van der Waals surface area (Å²) in [5.41, 5.74) is 3.73. The Morgan fingerprint density at radius 3 is 2.81 bits per heavy atom. The van der Waals surface area contributed by atoms with Gasteiger partial charge < -0.3 is 20.6 Å². The first kappa shape index (κ1) is 25.8. The van der Waals surface area contributed by atoms with Crippen LogP contribution in [0.25, 0.3) is 22.5 Å². The number of allylic oxidation sites excluding steroid dienone is 3. The zero-order valence-electron chi connectivity index (χ0n) is 22.0. The summed E-state index contributed by atoms with van der Waals surface area (Å²) < 4.78 is 0. The van der Waals surface area contributed by atoms with E-state index in [-0.39, 0.29) is 11.5 Å². The first-order valence-corrected chi connectivity index (χ1v) is 12.5. The molecule has 0 aliphatic carbocycles. The second-order valence-corrected chi connectivity index (χ2v) is 10.6. The van der Waals surface area contributed by atoms with E-state index in [0.29, 0.717) is 24.6 Å². The van der Waals surface area contributed by atoms with Gasteiger partial charge in [-0.15, -0.1) is 0 Å². The van der Waals surface area contributed by atoms with Crippen LogP contribution in [0.1, 0.15) is 38.3 Å². The molecule has 0 amide bonds. The van der Waals surface area contributed by atoms with Gasteiger partial charge in [-0.2, -0.15) is 0 Å². The number of aliphatic hydroxyl groups is 1. The number of aliphatic imine (C=N–C) groups is 1. The maximum absolute atomic E-state index is 11.5. The fourth-order valence-corrected chi connectivity index (χ4v) is 4.69. The third kappa shape index (κ3) is 5.42. The molecule has 3 N–H and O–H groups in total. The molecule has 0 radical (unpaired) electrons. The zero-order chi connectivity index (χ0) is 25.9. The lowest BCUT2D eigenvalue weighted by Gasteiger charge is -2.46. The Labute approximate surface area is 214 Å². The molecule has 3 heterocycles. The average molecular weight is 487 g/mol. The lowest BCUT2D eigenvalue weighted by atomic mass is 9.70. The molecule has 0 saturated carbocycles. The van der Waals surface area contributed by atoms with Crippen molar-refractivity contribution >= 4 is 23.2 Å². The quantitative estimate of drug-likeness (QED) is 0.484. The second kappa shape index (κ2) is 10.4. The largest absolute Gasteiger partial charge is 0.387 e. The van der Waals surface area contributed by atoms with Gasteiger partial charge in [-0.1, -0.05) is 50.8 Å². The Bertz CT molecular complexity index is 1210. The predicted octanol–water partition coefficient (Wildman–Crippen LogP) is 4.25. The van der Waals surface area contributed by atoms with Crippen LogP contribution < -0.4 is 10.6 Å². The molecular weight excluding hydrogens is 448 g/mol. The standard InChI is InChI=1S/C29H38N6O/c1-7-21(17-35(5)6)22-9-8-10-23(14-22)26-32-16-25(24-13-20(2)31-15-24)27(34-26)33-19-29(36)11-12-30-18-28(29,3)4/h7-10,13-17,20,30,36H,1,11-12,18-19H2,2-6H3,(H,32,33,34)/b21-17+. The number of anilines is 1. The highest BCUT2D eigenvalue weighted by Crippen LogP contribution is 2.36. The molecule has 2 aromatic rings. The number of aromatic nitrogens is 2. The van der Waals surface area contributed by atoms with E-state index < -0.39 is 5.60 Å². The van der Waals surface area contributed by atoms with Gasteiger partial charge >= 0.3 is 0 Å². The minimum absolute atomic E-state index is 0.123. The Hall–Kier alpha value is -3.29. The van der Waals surface area contributed by atoms with Gasteiger partial charge in [-0.25, -0.2) is 9.97 Å². The van der Waals surface area contributed by atoms with Crippen molar-refractivity contribution in [3.8, 4) is 11.4 Å². The molecule has 7 nitrogen and oxygen atoms in total. The first-order valence-electron chi connectivity index (χ1n) is 12.5. The van der Waals surface area contributed by atoms with Crippen molar-refractivity contribution in [1.29, 1.82) is 0 Å². The SMILES string of the molecule is C=C/C(=C\N(C)C)c1cccc(-c2ncc(C3=CC(C)N=C3)c(NCC3(O)CCNCC3(C)C)n2)c1. The number of benzene rings is 1. The highest BCUT2D eigenvalue weighted by molar-refractivity contribution is 6.13. The van der Waals surface area contributed by atoms with Crippen LogP contribution in [0.2, 0.25) is 0 Å². The molecule has 190 valence electrons. The van der Waals surface area contributed by atoms with E-state index in [0.717, 1.165) is 40.9 Å². The van der Waals surface area contributed by atoms with Crippen molar-refractivity contribution in [2.24, 2.45) is 10.4 Å². The monoisotopic (exact) mass is 486 g/mol. The molecule has 1 fully saturated rings. The van der Waals surface area contributed by atoms with E-state index >= 15 is 0 Å². The lowest BCUT2D eigenvalue weighted by molar-refractivity contribution is -0.0764. The number of hydrogen-bond donors (Lipinski definition) is 3. The summed E-state index contributed by atoms with van der Waals surface area (Å²) in [6, 6.07) is 8.29. The number of hydrogen-bond acceptors (Lipinski definition) is 7. The molecule has 0 bridgehead atoms. The second-order valence-electron chi connectivity index (χ2n) is 10.6. The summed E-state index contributed by atoms with van der Waals surface area (Å²) in [5.74, 6) is 1.32. The smallest absolute Gasteiger partial charge is 0.161 e. The van der Waals surface area contributed by atoms with Gasteiger partial charge in [-0.05, 0) is 37.1 Å². The Kier molecular flexibility index (Phi) is 7.43. The van der Waals surface area contributed by atoms with Crippen molar-refractivity contribution in [3.05, 3.63) is 66.5 Å². The lowest BCUT2D eigenvalue weighted by Crippen LogP contribution is -2.59. The van der Waals surface area contributed by atoms with Crippen LogP contribution in [0.4, 0.5) is 5.82 Å². The molecular formula is C29H38N6O. The fraction of sp³-hybridized carbons (Fsp3) is 0.414. The highest BCUT2D eigenvalue weighted by Gasteiger charge is 2.45. The van der Waals surface area contributed by atoms with Crippen LogP contribution in [-0.4, -0.2) is 71.6 Å². The minimum atomic E-state index is -0.859. The number of nitrogens with zero attached hydrogens (tertiary/aromatic N) is 4. The number of piperidine rings is 1. The van der Waals surface area contributed by atoms with Crippen molar-refractivity contribution in [1.82, 2.24) is 20.2 Å². The van der Waals surface area contributed by atoms with E-state index in [1.165, 1.54) is 0 Å². The summed E-state index contributed by atoms with van der Waals surface area (Å²) in [6.45, 7) is 12.2. The zero-order valence-corrected chi connectivity index (χ0v) is 22.0. The predicted molar refractivity (Wildman–Crippen MR) is 150 cm³/mol. The van der Waals surface area contributed by atoms with Gasteiger partial charge in [0, 0.05) is 67.9 Å². The minimum Gasteiger partial charge on any atom is -0.387 e. The third-order valence-corrected chi connectivity index (χ3v) is 7.13. The molecule has 2 aliphatic rings. The Morgan fingerprint density at radius 2 is 2.14 bits per heavy atom. The molecule has 2 atom stereocenters. The Morgan fingerprint density at radius 1 is 1.33 bits per heavy atom. The topological polar surface area (TPSA) is 85.7 Å². The van der Waals surface area contributed by atoms with Crippen LogP contribution in [0.5, 0.6) is 0 Å². The van der Waals surface area contributed by atoms with E-state index in [9.17, 15) is 5.11 Å². The fourth-order valence-electron chi connectivity index (χ4n) is 4.69. The summed E-state index contributed by atoms with van der Waals surface area (Å²) in [6.07, 6.45) is 10.4. The molecule has 4 rings (SSSR count). The maximum atomic E-state index is 11.5. The summed E-state index contributed by atoms with van der Waals surface area (Å²) in [7, 11) is 3.99. The Balaban J connectivity index is 1.71. The summed E-state index contributed by atoms with van der Waals surface area (Å²) >= 11 is 0. The van der Waals surface area contributed by atoms with Gasteiger partial charge in [0.1, 0.15) is 5.82 Å². The van der Waals surface area contributed by atoms with E-state index in [1.54, 1.807) is 0 Å². The van der Waals surface area contributed by atoms with Gasteiger partial charge in [0.15, 0.2) is 5.82 Å². The molecule has 2 unspecified atom stereocenters. The van der Waals surface area contributed by atoms with E-state index in [4.69, 9.17) is 9.97 Å². The molecule has 0 spiro atoms. The molecule has 36 heavy (non-hydrogen) atoms. The van der Waals surface area contributed by atoms with Gasteiger partial charge in [0.05, 0.1) is 11.6 Å². The summed E-state index contributed by atoms with van der Waals surface area (Å²) in [5, 5.41) is 18.4. The molecule has 2 aliphatic heterocycles. The van der Waals surface area contributed by atoms with Crippen LogP contribution in [0, 0.1) is 5.41 Å². The van der Waals surface area contributed by atoms with Crippen LogP contribution in [0.15, 0.2) is 60.4 Å².